The Labute approximate surface area is 145 Å². The second-order valence-corrected chi connectivity index (χ2v) is 8.47. The molecule has 6 heteroatoms. The van der Waals surface area contributed by atoms with Crippen LogP contribution in [0.4, 0.5) is 0 Å². The van der Waals surface area contributed by atoms with Crippen LogP contribution in [-0.2, 0) is 15.5 Å². The van der Waals surface area contributed by atoms with Crippen molar-refractivity contribution in [1.29, 1.82) is 0 Å². The molecule has 2 N–H and O–H groups in total. The summed E-state index contributed by atoms with van der Waals surface area (Å²) in [6, 6.07) is 8.13. The van der Waals surface area contributed by atoms with Gasteiger partial charge in [0.05, 0.1) is 33.2 Å². The first-order valence-corrected chi connectivity index (χ1v) is 10.1. The van der Waals surface area contributed by atoms with Gasteiger partial charge in [0.1, 0.15) is 0 Å². The highest BCUT2D eigenvalue weighted by Crippen LogP contribution is 2.35. The lowest BCUT2D eigenvalue weighted by atomic mass is 9.84. The fourth-order valence-electron chi connectivity index (χ4n) is 4.37. The van der Waals surface area contributed by atoms with Crippen LogP contribution in [0.2, 0.25) is 0 Å². The van der Waals surface area contributed by atoms with Crippen molar-refractivity contribution in [3.63, 3.8) is 0 Å². The maximum absolute atomic E-state index is 13.3. The molecule has 4 rings (SSSR count). The summed E-state index contributed by atoms with van der Waals surface area (Å²) in [5.41, 5.74) is 1.84. The fourth-order valence-corrected chi connectivity index (χ4v) is 6.00. The number of piperidine rings is 1. The molecule has 0 amide bonds. The van der Waals surface area contributed by atoms with Crippen LogP contribution in [0.1, 0.15) is 32.1 Å². The number of imidazole rings is 1. The first-order chi connectivity index (χ1) is 11.8. The van der Waals surface area contributed by atoms with E-state index in [-0.39, 0.29) is 17.4 Å². The second kappa shape index (κ2) is 6.94. The van der Waals surface area contributed by atoms with Gasteiger partial charge in [0, 0.05) is 19.1 Å². The smallest absolute Gasteiger partial charge is 0.197 e. The highest BCUT2D eigenvalue weighted by Gasteiger charge is 2.42. The van der Waals surface area contributed by atoms with Crippen LogP contribution >= 0.6 is 0 Å². The van der Waals surface area contributed by atoms with E-state index in [0.717, 1.165) is 43.3 Å². The highest BCUT2D eigenvalue weighted by atomic mass is 32.2. The minimum atomic E-state index is -1.13. The Kier molecular flexibility index (Phi) is 4.70. The Hall–Kier alpha value is -1.24. The maximum Gasteiger partial charge on any atom is 0.197 e. The minimum Gasteiger partial charge on any atom is -0.381 e. The minimum absolute atomic E-state index is 0.0935. The molecule has 0 spiro atoms. The summed E-state index contributed by atoms with van der Waals surface area (Å²) < 4.78 is 19.0. The Bertz CT molecular complexity index is 699. The maximum atomic E-state index is 13.3. The van der Waals surface area contributed by atoms with E-state index in [0.29, 0.717) is 11.1 Å². The van der Waals surface area contributed by atoms with Crippen LogP contribution in [-0.4, -0.2) is 45.2 Å². The summed E-state index contributed by atoms with van der Waals surface area (Å²) in [7, 11) is 0.675. The monoisotopic (exact) mass is 347 g/mol. The number of benzene rings is 1. The van der Waals surface area contributed by atoms with Gasteiger partial charge in [-0.25, -0.2) is 4.98 Å². The molecule has 2 aromatic rings. The van der Waals surface area contributed by atoms with Gasteiger partial charge in [0.25, 0.3) is 0 Å². The van der Waals surface area contributed by atoms with Gasteiger partial charge < -0.3 is 15.0 Å². The van der Waals surface area contributed by atoms with E-state index >= 15 is 0 Å². The first kappa shape index (κ1) is 16.2. The average molecular weight is 347 g/mol. The van der Waals surface area contributed by atoms with E-state index in [1.54, 1.807) is 0 Å². The van der Waals surface area contributed by atoms with Gasteiger partial charge in [0.2, 0.25) is 0 Å². The van der Waals surface area contributed by atoms with E-state index in [1.165, 1.54) is 6.42 Å². The lowest BCUT2D eigenvalue weighted by Gasteiger charge is -2.40. The van der Waals surface area contributed by atoms with Gasteiger partial charge in [-0.2, -0.15) is 0 Å². The third kappa shape index (κ3) is 2.91. The van der Waals surface area contributed by atoms with E-state index in [2.05, 4.69) is 15.3 Å². The zero-order valence-electron chi connectivity index (χ0n) is 14.0. The molecule has 1 saturated carbocycles. The van der Waals surface area contributed by atoms with Crippen molar-refractivity contribution in [2.75, 3.05) is 13.7 Å². The summed E-state index contributed by atoms with van der Waals surface area (Å²) in [6.45, 7) is 0.938. The number of para-hydroxylation sites is 2. The number of ether oxygens (including phenoxy) is 1. The van der Waals surface area contributed by atoms with Crippen LogP contribution < -0.4 is 5.32 Å². The third-order valence-corrected chi connectivity index (χ3v) is 7.21. The molecule has 1 aromatic carbocycles. The van der Waals surface area contributed by atoms with Crippen molar-refractivity contribution in [3.8, 4) is 0 Å². The van der Waals surface area contributed by atoms with E-state index in [9.17, 15) is 4.21 Å². The molecule has 1 aliphatic carbocycles. The average Bonchev–Trinajstić information content (AvgIpc) is 2.93. The number of aromatic nitrogens is 2. The molecule has 2 heterocycles. The molecule has 0 radical (unpaired) electrons. The topological polar surface area (TPSA) is 67.0 Å². The Morgan fingerprint density at radius 3 is 2.88 bits per heavy atom. The molecule has 130 valence electrons. The molecular weight excluding hydrogens is 322 g/mol. The van der Waals surface area contributed by atoms with Crippen molar-refractivity contribution in [2.45, 2.75) is 54.7 Å². The van der Waals surface area contributed by atoms with Crippen molar-refractivity contribution in [3.05, 3.63) is 24.3 Å². The lowest BCUT2D eigenvalue weighted by Crippen LogP contribution is -2.55. The SMILES string of the molecule is COC1CCNC2C1CCCCC2S(=O)c1nc2ccccc2[nH]1. The predicted octanol–water partition coefficient (Wildman–Crippen LogP) is 2.61. The second-order valence-electron chi connectivity index (χ2n) is 6.89. The summed E-state index contributed by atoms with van der Waals surface area (Å²) in [5, 5.41) is 4.35. The standard InChI is InChI=1S/C18H25N3O2S/c1-23-15-10-11-19-17-12(15)6-2-5-9-16(17)24(22)18-20-13-7-3-4-8-14(13)21-18/h3-4,7-8,12,15-17,19H,2,5-6,9-11H2,1H3,(H,20,21). The summed E-state index contributed by atoms with van der Waals surface area (Å²) in [6.07, 6.45) is 5.78. The zero-order valence-corrected chi connectivity index (χ0v) is 14.8. The molecule has 5 atom stereocenters. The number of fused-ring (bicyclic) bond motifs is 2. The molecule has 1 aromatic heterocycles. The van der Waals surface area contributed by atoms with E-state index in [4.69, 9.17) is 4.74 Å². The van der Waals surface area contributed by atoms with Crippen LogP contribution in [0.15, 0.2) is 29.4 Å². The van der Waals surface area contributed by atoms with Gasteiger partial charge in [-0.1, -0.05) is 25.0 Å². The Morgan fingerprint density at radius 1 is 1.21 bits per heavy atom. The van der Waals surface area contributed by atoms with Crippen molar-refractivity contribution in [1.82, 2.24) is 15.3 Å². The number of H-pyrrole nitrogens is 1. The number of rotatable bonds is 3. The Morgan fingerprint density at radius 2 is 2.04 bits per heavy atom. The molecular formula is C18H25N3O2S. The number of hydrogen-bond donors (Lipinski definition) is 2. The number of hydrogen-bond acceptors (Lipinski definition) is 4. The van der Waals surface area contributed by atoms with Gasteiger partial charge in [-0.15, -0.1) is 0 Å². The Balaban J connectivity index is 1.64. The van der Waals surface area contributed by atoms with Crippen LogP contribution in [0.5, 0.6) is 0 Å². The predicted molar refractivity (Wildman–Crippen MR) is 95.5 cm³/mol. The number of nitrogens with zero attached hydrogens (tertiary/aromatic N) is 1. The van der Waals surface area contributed by atoms with Crippen LogP contribution in [0.3, 0.4) is 0 Å². The lowest BCUT2D eigenvalue weighted by molar-refractivity contribution is 0.00886. The van der Waals surface area contributed by atoms with E-state index < -0.39 is 10.8 Å². The van der Waals surface area contributed by atoms with Crippen molar-refractivity contribution in [2.24, 2.45) is 5.92 Å². The van der Waals surface area contributed by atoms with Gasteiger partial charge in [-0.3, -0.25) is 4.21 Å². The van der Waals surface area contributed by atoms with Gasteiger partial charge in [0.15, 0.2) is 5.16 Å². The van der Waals surface area contributed by atoms with Crippen LogP contribution in [0.25, 0.3) is 11.0 Å². The largest absolute Gasteiger partial charge is 0.381 e. The highest BCUT2D eigenvalue weighted by molar-refractivity contribution is 7.85. The normalized spacial score (nSPS) is 32.2. The van der Waals surface area contributed by atoms with Crippen LogP contribution in [0, 0.1) is 5.92 Å². The van der Waals surface area contributed by atoms with Gasteiger partial charge >= 0.3 is 0 Å². The van der Waals surface area contributed by atoms with E-state index in [1.807, 2.05) is 31.4 Å². The molecule has 5 nitrogen and oxygen atoms in total. The summed E-state index contributed by atoms with van der Waals surface area (Å²) in [5.74, 6) is 0.449. The van der Waals surface area contributed by atoms with Crippen molar-refractivity contribution < 1.29 is 8.95 Å². The molecule has 24 heavy (non-hydrogen) atoms. The first-order valence-electron chi connectivity index (χ1n) is 8.89. The molecule has 2 aliphatic rings. The molecule has 5 unspecified atom stereocenters. The number of methoxy groups -OCH3 is 1. The summed E-state index contributed by atoms with van der Waals surface area (Å²) >= 11 is 0. The fraction of sp³-hybridized carbons (Fsp3) is 0.611. The molecule has 0 bridgehead atoms. The van der Waals surface area contributed by atoms with Gasteiger partial charge in [-0.05, 0) is 37.9 Å². The number of aromatic amines is 1. The van der Waals surface area contributed by atoms with Crippen molar-refractivity contribution >= 4 is 21.8 Å². The molecule has 1 saturated heterocycles. The molecule has 1 aliphatic heterocycles. The zero-order chi connectivity index (χ0) is 16.5. The number of nitrogens with one attached hydrogen (secondary N) is 2. The quantitative estimate of drug-likeness (QED) is 0.896. The third-order valence-electron chi connectivity index (χ3n) is 5.56. The molecule has 2 fully saturated rings. The summed E-state index contributed by atoms with van der Waals surface area (Å²) in [4.78, 5) is 7.84.